The Balaban J connectivity index is 2.27. The van der Waals surface area contributed by atoms with E-state index in [0.717, 1.165) is 11.8 Å². The second-order valence-electron chi connectivity index (χ2n) is 4.10. The number of aromatic nitrogens is 2. The Hall–Kier alpha value is -2.22. The van der Waals surface area contributed by atoms with Crippen LogP contribution in [0.4, 0.5) is 0 Å². The lowest BCUT2D eigenvalue weighted by Gasteiger charge is -2.07. The normalized spacial score (nSPS) is 12.0. The number of hydrogen-bond acceptors (Lipinski definition) is 7. The summed E-state index contributed by atoms with van der Waals surface area (Å²) < 4.78 is 15.9. The molecular weight excluding hydrogens is 294 g/mol. The first-order chi connectivity index (χ1) is 10.0. The third-order valence-corrected chi connectivity index (χ3v) is 3.68. The van der Waals surface area contributed by atoms with Gasteiger partial charge in [-0.15, -0.1) is 10.2 Å². The smallest absolute Gasteiger partial charge is 0.277 e. The summed E-state index contributed by atoms with van der Waals surface area (Å²) in [5, 5.41) is 7.66. The molecule has 21 heavy (non-hydrogen) atoms. The molecular formula is C13H15N3O4S. The number of primary amides is 1. The van der Waals surface area contributed by atoms with E-state index in [4.69, 9.17) is 19.6 Å². The third-order valence-electron chi connectivity index (χ3n) is 2.72. The maximum atomic E-state index is 11.0. The van der Waals surface area contributed by atoms with Crippen LogP contribution in [0.25, 0.3) is 11.5 Å². The number of nitrogens with zero attached hydrogens (tertiary/aromatic N) is 2. The molecule has 0 spiro atoms. The first kappa shape index (κ1) is 15.2. The minimum atomic E-state index is -0.448. The molecule has 0 aliphatic heterocycles. The van der Waals surface area contributed by atoms with Crippen molar-refractivity contribution in [2.45, 2.75) is 17.4 Å². The largest absolute Gasteiger partial charge is 0.497 e. The number of rotatable bonds is 6. The van der Waals surface area contributed by atoms with Crippen LogP contribution in [0.3, 0.4) is 0 Å². The number of nitrogens with two attached hydrogens (primary N) is 1. The zero-order chi connectivity index (χ0) is 15.4. The van der Waals surface area contributed by atoms with Crippen molar-refractivity contribution >= 4 is 17.7 Å². The van der Waals surface area contributed by atoms with Crippen LogP contribution < -0.4 is 15.2 Å². The van der Waals surface area contributed by atoms with Crippen molar-refractivity contribution in [2.24, 2.45) is 5.73 Å². The first-order valence-corrected chi connectivity index (χ1v) is 6.95. The van der Waals surface area contributed by atoms with Gasteiger partial charge in [-0.2, -0.15) is 0 Å². The van der Waals surface area contributed by atoms with E-state index in [1.54, 1.807) is 39.3 Å². The average molecular weight is 309 g/mol. The molecule has 1 heterocycles. The molecule has 0 aliphatic carbocycles. The van der Waals surface area contributed by atoms with Gasteiger partial charge in [0, 0.05) is 6.07 Å². The fourth-order valence-electron chi connectivity index (χ4n) is 1.55. The summed E-state index contributed by atoms with van der Waals surface area (Å²) in [5.41, 5.74) is 5.84. The molecule has 112 valence electrons. The average Bonchev–Trinajstić information content (AvgIpc) is 2.94. The van der Waals surface area contributed by atoms with Gasteiger partial charge in [0.15, 0.2) is 0 Å². The Kier molecular flexibility index (Phi) is 4.69. The Bertz CT molecular complexity index is 644. The monoisotopic (exact) mass is 309 g/mol. The van der Waals surface area contributed by atoms with E-state index in [-0.39, 0.29) is 5.22 Å². The lowest BCUT2D eigenvalue weighted by molar-refractivity contribution is -0.117. The number of amides is 1. The molecule has 2 N–H and O–H groups in total. The molecule has 7 nitrogen and oxygen atoms in total. The number of carbonyl (C=O) groups excluding carboxylic acids is 1. The van der Waals surface area contributed by atoms with Gasteiger partial charge in [0.2, 0.25) is 5.91 Å². The van der Waals surface area contributed by atoms with Crippen LogP contribution in [0.15, 0.2) is 27.8 Å². The molecule has 8 heteroatoms. The molecule has 1 aromatic heterocycles. The van der Waals surface area contributed by atoms with Crippen LogP contribution >= 0.6 is 11.8 Å². The predicted molar refractivity (Wildman–Crippen MR) is 77.4 cm³/mol. The molecule has 1 atom stereocenters. The van der Waals surface area contributed by atoms with Gasteiger partial charge in [0.05, 0.1) is 25.0 Å². The third kappa shape index (κ3) is 3.46. The SMILES string of the molecule is COc1ccc(-c2nnc(S[C@@H](C)C(N)=O)o2)c(OC)c1. The van der Waals surface area contributed by atoms with Gasteiger partial charge in [-0.3, -0.25) is 4.79 Å². The molecule has 0 unspecified atom stereocenters. The lowest BCUT2D eigenvalue weighted by Crippen LogP contribution is -2.22. The Morgan fingerprint density at radius 1 is 1.33 bits per heavy atom. The van der Waals surface area contributed by atoms with Gasteiger partial charge in [-0.05, 0) is 19.1 Å². The minimum Gasteiger partial charge on any atom is -0.497 e. The van der Waals surface area contributed by atoms with Crippen molar-refractivity contribution in [1.82, 2.24) is 10.2 Å². The van der Waals surface area contributed by atoms with Crippen LogP contribution in [0.5, 0.6) is 11.5 Å². The molecule has 0 fully saturated rings. The fourth-order valence-corrected chi connectivity index (χ4v) is 2.18. The summed E-state index contributed by atoms with van der Waals surface area (Å²) >= 11 is 1.11. The maximum Gasteiger partial charge on any atom is 0.277 e. The molecule has 1 amide bonds. The van der Waals surface area contributed by atoms with Crippen LogP contribution in [-0.2, 0) is 4.79 Å². The first-order valence-electron chi connectivity index (χ1n) is 6.07. The van der Waals surface area contributed by atoms with Crippen LogP contribution in [-0.4, -0.2) is 35.6 Å². The summed E-state index contributed by atoms with van der Waals surface area (Å²) in [7, 11) is 3.11. The highest BCUT2D eigenvalue weighted by atomic mass is 32.2. The number of ether oxygens (including phenoxy) is 2. The number of benzene rings is 1. The van der Waals surface area contributed by atoms with E-state index in [0.29, 0.717) is 23.0 Å². The molecule has 0 saturated heterocycles. The zero-order valence-corrected chi connectivity index (χ0v) is 12.6. The summed E-state index contributed by atoms with van der Waals surface area (Å²) in [6, 6.07) is 5.25. The van der Waals surface area contributed by atoms with Crippen molar-refractivity contribution in [1.29, 1.82) is 0 Å². The molecule has 1 aromatic carbocycles. The van der Waals surface area contributed by atoms with Crippen LogP contribution in [0.1, 0.15) is 6.92 Å². The van der Waals surface area contributed by atoms with Crippen LogP contribution in [0.2, 0.25) is 0 Å². The lowest BCUT2D eigenvalue weighted by atomic mass is 10.2. The topological polar surface area (TPSA) is 100 Å². The van der Waals surface area contributed by atoms with Gasteiger partial charge in [-0.25, -0.2) is 0 Å². The van der Waals surface area contributed by atoms with Crippen molar-refractivity contribution in [3.63, 3.8) is 0 Å². The van der Waals surface area contributed by atoms with E-state index in [9.17, 15) is 4.79 Å². The Morgan fingerprint density at radius 3 is 2.71 bits per heavy atom. The number of hydrogen-bond donors (Lipinski definition) is 1. The molecule has 2 rings (SSSR count). The Morgan fingerprint density at radius 2 is 2.10 bits per heavy atom. The van der Waals surface area contributed by atoms with Gasteiger partial charge in [-0.1, -0.05) is 11.8 Å². The van der Waals surface area contributed by atoms with E-state index in [1.165, 1.54) is 0 Å². The number of methoxy groups -OCH3 is 2. The van der Waals surface area contributed by atoms with Crippen molar-refractivity contribution in [3.8, 4) is 23.0 Å². The highest BCUT2D eigenvalue weighted by Crippen LogP contribution is 2.34. The second kappa shape index (κ2) is 6.49. The van der Waals surface area contributed by atoms with E-state index >= 15 is 0 Å². The quantitative estimate of drug-likeness (QED) is 0.811. The van der Waals surface area contributed by atoms with Crippen LogP contribution in [0, 0.1) is 0 Å². The summed E-state index contributed by atoms with van der Waals surface area (Å²) in [5.74, 6) is 1.07. The van der Waals surface area contributed by atoms with Gasteiger partial charge < -0.3 is 19.6 Å². The molecule has 0 radical (unpaired) electrons. The van der Waals surface area contributed by atoms with Crippen molar-refractivity contribution < 1.29 is 18.7 Å². The summed E-state index contributed by atoms with van der Waals surface area (Å²) in [4.78, 5) is 11.0. The molecule has 0 bridgehead atoms. The van der Waals surface area contributed by atoms with Gasteiger partial charge >= 0.3 is 0 Å². The zero-order valence-electron chi connectivity index (χ0n) is 11.8. The van der Waals surface area contributed by atoms with E-state index < -0.39 is 11.2 Å². The van der Waals surface area contributed by atoms with Gasteiger partial charge in [0.25, 0.3) is 11.1 Å². The number of thioether (sulfide) groups is 1. The maximum absolute atomic E-state index is 11.0. The fraction of sp³-hybridized carbons (Fsp3) is 0.308. The Labute approximate surface area is 125 Å². The highest BCUT2D eigenvalue weighted by Gasteiger charge is 2.18. The minimum absolute atomic E-state index is 0.272. The van der Waals surface area contributed by atoms with Crippen molar-refractivity contribution in [2.75, 3.05) is 14.2 Å². The predicted octanol–water partition coefficient (Wildman–Crippen LogP) is 1.72. The molecule has 2 aromatic rings. The van der Waals surface area contributed by atoms with E-state index in [2.05, 4.69) is 10.2 Å². The standard InChI is InChI=1S/C13H15N3O4S/c1-7(11(14)17)21-13-16-15-12(20-13)9-5-4-8(18-2)6-10(9)19-3/h4-7H,1-3H3,(H2,14,17)/t7-/m0/s1. The molecule has 0 aliphatic rings. The van der Waals surface area contributed by atoms with Gasteiger partial charge in [0.1, 0.15) is 11.5 Å². The summed E-state index contributed by atoms with van der Waals surface area (Å²) in [6.45, 7) is 1.67. The summed E-state index contributed by atoms with van der Waals surface area (Å²) in [6.07, 6.45) is 0. The van der Waals surface area contributed by atoms with E-state index in [1.807, 2.05) is 0 Å². The number of carbonyl (C=O) groups is 1. The molecule has 0 saturated carbocycles. The second-order valence-corrected chi connectivity index (χ2v) is 5.39. The van der Waals surface area contributed by atoms with Crippen molar-refractivity contribution in [3.05, 3.63) is 18.2 Å². The highest BCUT2D eigenvalue weighted by molar-refractivity contribution is 8.00.